The Morgan fingerprint density at radius 2 is 2.29 bits per heavy atom. The van der Waals surface area contributed by atoms with Gasteiger partial charge in [-0.15, -0.1) is 0 Å². The lowest BCUT2D eigenvalue weighted by molar-refractivity contribution is 0.128. The van der Waals surface area contributed by atoms with E-state index in [1.54, 1.807) is 10.6 Å². The summed E-state index contributed by atoms with van der Waals surface area (Å²) in [5, 5.41) is 10.2. The van der Waals surface area contributed by atoms with Crippen molar-refractivity contribution >= 4 is 26.8 Å². The number of fused-ring (bicyclic) bond motifs is 2. The fourth-order valence-electron chi connectivity index (χ4n) is 2.22. The summed E-state index contributed by atoms with van der Waals surface area (Å²) in [7, 11) is 0. The van der Waals surface area contributed by atoms with Crippen LogP contribution < -0.4 is 5.56 Å². The second-order valence-electron chi connectivity index (χ2n) is 4.30. The minimum atomic E-state index is -0.435. The van der Waals surface area contributed by atoms with Gasteiger partial charge in [0.25, 0.3) is 5.56 Å². The van der Waals surface area contributed by atoms with Crippen LogP contribution in [0.1, 0.15) is 12.2 Å². The number of aliphatic hydroxyl groups is 1. The average Bonchev–Trinajstić information content (AvgIpc) is 2.30. The Kier molecular flexibility index (Phi) is 2.52. The number of halogens is 1. The monoisotopic (exact) mass is 294 g/mol. The Hall–Kier alpha value is -1.20. The number of aromatic nitrogens is 2. The van der Waals surface area contributed by atoms with Crippen LogP contribution in [0.15, 0.2) is 27.5 Å². The molecule has 2 heterocycles. The highest BCUT2D eigenvalue weighted by atomic mass is 79.9. The summed E-state index contributed by atoms with van der Waals surface area (Å²) in [6, 6.07) is 5.45. The van der Waals surface area contributed by atoms with Gasteiger partial charge in [0.15, 0.2) is 0 Å². The van der Waals surface area contributed by atoms with E-state index >= 15 is 0 Å². The summed E-state index contributed by atoms with van der Waals surface area (Å²) in [6.07, 6.45) is 0.889. The molecule has 0 saturated carbocycles. The molecule has 0 amide bonds. The standard InChI is InChI=1S/C12H11BrN2O2/c13-7-1-3-9-10(5-7)14-11-4-2-8(16)6-15(11)12(9)17/h1,3,5,8,16H,2,4,6H2. The number of benzene rings is 1. The summed E-state index contributed by atoms with van der Waals surface area (Å²) >= 11 is 3.37. The van der Waals surface area contributed by atoms with E-state index in [4.69, 9.17) is 0 Å². The lowest BCUT2D eigenvalue weighted by atomic mass is 10.1. The molecule has 0 radical (unpaired) electrons. The van der Waals surface area contributed by atoms with Gasteiger partial charge in [0.2, 0.25) is 0 Å². The molecule has 3 rings (SSSR count). The molecule has 1 aromatic heterocycles. The lowest BCUT2D eigenvalue weighted by Gasteiger charge is -2.22. The minimum Gasteiger partial charge on any atom is -0.391 e. The largest absolute Gasteiger partial charge is 0.391 e. The van der Waals surface area contributed by atoms with Crippen molar-refractivity contribution in [1.82, 2.24) is 9.55 Å². The zero-order chi connectivity index (χ0) is 12.0. The lowest BCUT2D eigenvalue weighted by Crippen LogP contribution is -2.34. The van der Waals surface area contributed by atoms with Gasteiger partial charge in [0.1, 0.15) is 5.82 Å². The van der Waals surface area contributed by atoms with Gasteiger partial charge in [-0.05, 0) is 24.6 Å². The highest BCUT2D eigenvalue weighted by Crippen LogP contribution is 2.18. The number of rotatable bonds is 0. The van der Waals surface area contributed by atoms with Crippen molar-refractivity contribution < 1.29 is 5.11 Å². The molecule has 0 fully saturated rings. The van der Waals surface area contributed by atoms with E-state index in [2.05, 4.69) is 20.9 Å². The van der Waals surface area contributed by atoms with Crippen molar-refractivity contribution in [3.8, 4) is 0 Å². The third-order valence-electron chi connectivity index (χ3n) is 3.09. The van der Waals surface area contributed by atoms with E-state index in [-0.39, 0.29) is 5.56 Å². The number of hydrogen-bond acceptors (Lipinski definition) is 3. The van der Waals surface area contributed by atoms with Gasteiger partial charge in [0.05, 0.1) is 23.6 Å². The molecular weight excluding hydrogens is 284 g/mol. The third kappa shape index (κ3) is 1.79. The number of aryl methyl sites for hydroxylation is 1. The molecule has 2 aromatic rings. The summed E-state index contributed by atoms with van der Waals surface area (Å²) in [5.41, 5.74) is 0.656. The Morgan fingerprint density at radius 3 is 3.12 bits per heavy atom. The Balaban J connectivity index is 2.32. The van der Waals surface area contributed by atoms with Gasteiger partial charge in [-0.3, -0.25) is 9.36 Å². The molecule has 1 unspecified atom stereocenters. The zero-order valence-electron chi connectivity index (χ0n) is 9.06. The molecule has 1 aliphatic rings. The van der Waals surface area contributed by atoms with Crippen molar-refractivity contribution in [3.63, 3.8) is 0 Å². The summed E-state index contributed by atoms with van der Waals surface area (Å²) in [6.45, 7) is 0.354. The SMILES string of the molecule is O=c1c2ccc(Br)cc2nc2n1CC(O)CC2. The molecule has 1 N–H and O–H groups in total. The van der Waals surface area contributed by atoms with Gasteiger partial charge in [0, 0.05) is 10.9 Å². The summed E-state index contributed by atoms with van der Waals surface area (Å²) in [5.74, 6) is 0.769. The topological polar surface area (TPSA) is 55.1 Å². The summed E-state index contributed by atoms with van der Waals surface area (Å²) < 4.78 is 2.50. The Labute approximate surface area is 106 Å². The van der Waals surface area contributed by atoms with Gasteiger partial charge in [-0.25, -0.2) is 4.98 Å². The van der Waals surface area contributed by atoms with Crippen LogP contribution in [0.25, 0.3) is 10.9 Å². The molecule has 5 heteroatoms. The molecule has 88 valence electrons. The Bertz CT molecular complexity index is 651. The van der Waals surface area contributed by atoms with Crippen LogP contribution in [0.3, 0.4) is 0 Å². The first-order valence-corrected chi connectivity index (χ1v) is 6.31. The summed E-state index contributed by atoms with van der Waals surface area (Å²) in [4.78, 5) is 16.7. The van der Waals surface area contributed by atoms with Gasteiger partial charge >= 0.3 is 0 Å². The van der Waals surface area contributed by atoms with Crippen molar-refractivity contribution in [2.75, 3.05) is 0 Å². The molecule has 0 spiro atoms. The molecular formula is C12H11BrN2O2. The fourth-order valence-corrected chi connectivity index (χ4v) is 2.57. The highest BCUT2D eigenvalue weighted by Gasteiger charge is 2.19. The van der Waals surface area contributed by atoms with Crippen molar-refractivity contribution in [2.45, 2.75) is 25.5 Å². The Morgan fingerprint density at radius 1 is 1.47 bits per heavy atom. The van der Waals surface area contributed by atoms with Crippen molar-refractivity contribution in [1.29, 1.82) is 0 Å². The van der Waals surface area contributed by atoms with Crippen LogP contribution in [-0.4, -0.2) is 20.8 Å². The van der Waals surface area contributed by atoms with E-state index < -0.39 is 6.10 Å². The van der Waals surface area contributed by atoms with Crippen LogP contribution in [0, 0.1) is 0 Å². The van der Waals surface area contributed by atoms with Crippen LogP contribution >= 0.6 is 15.9 Å². The normalized spacial score (nSPS) is 19.3. The van der Waals surface area contributed by atoms with Gasteiger partial charge in [-0.2, -0.15) is 0 Å². The van der Waals surface area contributed by atoms with Gasteiger partial charge in [-0.1, -0.05) is 15.9 Å². The number of nitrogens with zero attached hydrogens (tertiary/aromatic N) is 2. The zero-order valence-corrected chi connectivity index (χ0v) is 10.6. The maximum absolute atomic E-state index is 12.2. The first-order chi connectivity index (χ1) is 8.15. The van der Waals surface area contributed by atoms with Crippen LogP contribution in [0.5, 0.6) is 0 Å². The second-order valence-corrected chi connectivity index (χ2v) is 5.21. The quantitative estimate of drug-likeness (QED) is 0.800. The van der Waals surface area contributed by atoms with E-state index in [1.807, 2.05) is 12.1 Å². The van der Waals surface area contributed by atoms with E-state index in [0.29, 0.717) is 30.3 Å². The number of aliphatic hydroxyl groups excluding tert-OH is 1. The van der Waals surface area contributed by atoms with Crippen LogP contribution in [0.2, 0.25) is 0 Å². The maximum Gasteiger partial charge on any atom is 0.261 e. The maximum atomic E-state index is 12.2. The molecule has 0 saturated heterocycles. The first kappa shape index (κ1) is 10.9. The van der Waals surface area contributed by atoms with E-state index in [0.717, 1.165) is 10.3 Å². The predicted octanol–water partition coefficient (Wildman–Crippen LogP) is 1.47. The molecule has 4 nitrogen and oxygen atoms in total. The van der Waals surface area contributed by atoms with Crippen LogP contribution in [0.4, 0.5) is 0 Å². The average molecular weight is 295 g/mol. The second kappa shape index (κ2) is 3.92. The molecule has 0 bridgehead atoms. The first-order valence-electron chi connectivity index (χ1n) is 5.52. The molecule has 1 atom stereocenters. The van der Waals surface area contributed by atoms with E-state index in [1.165, 1.54) is 0 Å². The molecule has 0 aliphatic carbocycles. The molecule has 17 heavy (non-hydrogen) atoms. The minimum absolute atomic E-state index is 0.0590. The van der Waals surface area contributed by atoms with Gasteiger partial charge < -0.3 is 5.11 Å². The predicted molar refractivity (Wildman–Crippen MR) is 68.0 cm³/mol. The number of hydrogen-bond donors (Lipinski definition) is 1. The fraction of sp³-hybridized carbons (Fsp3) is 0.333. The molecule has 1 aromatic carbocycles. The van der Waals surface area contributed by atoms with E-state index in [9.17, 15) is 9.90 Å². The van der Waals surface area contributed by atoms with Crippen LogP contribution in [-0.2, 0) is 13.0 Å². The highest BCUT2D eigenvalue weighted by molar-refractivity contribution is 9.10. The third-order valence-corrected chi connectivity index (χ3v) is 3.58. The smallest absolute Gasteiger partial charge is 0.261 e. The van der Waals surface area contributed by atoms with Crippen molar-refractivity contribution in [3.05, 3.63) is 38.9 Å². The van der Waals surface area contributed by atoms with Crippen molar-refractivity contribution in [2.24, 2.45) is 0 Å². The molecule has 1 aliphatic heterocycles.